The van der Waals surface area contributed by atoms with Crippen molar-refractivity contribution < 1.29 is 18.3 Å². The molecule has 0 aliphatic carbocycles. The predicted molar refractivity (Wildman–Crippen MR) is 48.5 cm³/mol. The summed E-state index contributed by atoms with van der Waals surface area (Å²) in [7, 11) is 0. The van der Waals surface area contributed by atoms with Gasteiger partial charge in [-0.3, -0.25) is 0 Å². The van der Waals surface area contributed by atoms with E-state index in [-0.39, 0.29) is 8.95 Å². The molecule has 0 aromatic heterocycles. The highest BCUT2D eigenvalue weighted by atomic mass is 79.9. The van der Waals surface area contributed by atoms with Gasteiger partial charge in [-0.1, -0.05) is 15.9 Å². The lowest BCUT2D eigenvalue weighted by molar-refractivity contribution is -0.138. The third-order valence-corrected chi connectivity index (χ3v) is 2.82. The van der Waals surface area contributed by atoms with Crippen LogP contribution < -0.4 is 0 Å². The minimum Gasteiger partial charge on any atom is -0.507 e. The van der Waals surface area contributed by atoms with E-state index in [1.165, 1.54) is 6.07 Å². The largest absolute Gasteiger partial charge is 0.507 e. The van der Waals surface area contributed by atoms with Crippen LogP contribution in [0.5, 0.6) is 5.75 Å². The van der Waals surface area contributed by atoms with Crippen molar-refractivity contribution in [1.29, 1.82) is 0 Å². The van der Waals surface area contributed by atoms with Crippen LogP contribution in [0.1, 0.15) is 5.56 Å². The van der Waals surface area contributed by atoms with E-state index in [0.717, 1.165) is 6.07 Å². The zero-order valence-corrected chi connectivity index (χ0v) is 9.16. The van der Waals surface area contributed by atoms with Crippen LogP contribution in [0.2, 0.25) is 0 Å². The second-order valence-electron chi connectivity index (χ2n) is 2.25. The van der Waals surface area contributed by atoms with Gasteiger partial charge >= 0.3 is 6.18 Å². The van der Waals surface area contributed by atoms with Crippen molar-refractivity contribution in [3.8, 4) is 5.75 Å². The molecule has 0 spiro atoms. The molecule has 1 nitrogen and oxygen atoms in total. The summed E-state index contributed by atoms with van der Waals surface area (Å²) in [6.45, 7) is 0. The number of alkyl halides is 3. The summed E-state index contributed by atoms with van der Waals surface area (Å²) in [5.74, 6) is -0.435. The molecular formula is C7H3Br2F3O. The second kappa shape index (κ2) is 3.49. The van der Waals surface area contributed by atoms with Crippen molar-refractivity contribution in [3.63, 3.8) is 0 Å². The van der Waals surface area contributed by atoms with Crippen molar-refractivity contribution in [2.75, 3.05) is 0 Å². The summed E-state index contributed by atoms with van der Waals surface area (Å²) >= 11 is 5.42. The van der Waals surface area contributed by atoms with Crippen LogP contribution in [-0.4, -0.2) is 5.11 Å². The predicted octanol–water partition coefficient (Wildman–Crippen LogP) is 3.94. The Morgan fingerprint density at radius 1 is 1.15 bits per heavy atom. The Balaban J connectivity index is 3.43. The van der Waals surface area contributed by atoms with E-state index in [9.17, 15) is 13.2 Å². The van der Waals surface area contributed by atoms with E-state index in [0.29, 0.717) is 0 Å². The third-order valence-electron chi connectivity index (χ3n) is 1.35. The van der Waals surface area contributed by atoms with Gasteiger partial charge < -0.3 is 5.11 Å². The Labute approximate surface area is 88.8 Å². The number of halogens is 5. The van der Waals surface area contributed by atoms with Gasteiger partial charge in [0, 0.05) is 4.47 Å². The maximum absolute atomic E-state index is 12.3. The highest BCUT2D eigenvalue weighted by Crippen LogP contribution is 2.43. The van der Waals surface area contributed by atoms with Crippen molar-refractivity contribution in [2.24, 2.45) is 0 Å². The van der Waals surface area contributed by atoms with Gasteiger partial charge in [0.25, 0.3) is 0 Å². The number of hydrogen-bond acceptors (Lipinski definition) is 1. The number of benzene rings is 1. The van der Waals surface area contributed by atoms with Crippen molar-refractivity contribution >= 4 is 31.9 Å². The molecular weight excluding hydrogens is 317 g/mol. The minimum atomic E-state index is -4.49. The SMILES string of the molecule is Oc1ccc(Br)c(C(F)(F)F)c1Br. The van der Waals surface area contributed by atoms with Crippen LogP contribution in [0, 0.1) is 0 Å². The van der Waals surface area contributed by atoms with Gasteiger partial charge in [-0.05, 0) is 28.1 Å². The Hall–Kier alpha value is -0.230. The highest BCUT2D eigenvalue weighted by molar-refractivity contribution is 9.11. The topological polar surface area (TPSA) is 20.2 Å². The first-order chi connectivity index (χ1) is 5.84. The molecule has 0 radical (unpaired) electrons. The van der Waals surface area contributed by atoms with E-state index < -0.39 is 17.5 Å². The molecule has 72 valence electrons. The Kier molecular flexibility index (Phi) is 2.91. The Bertz CT molecular complexity index is 335. The number of phenols is 1. The fraction of sp³-hybridized carbons (Fsp3) is 0.143. The lowest BCUT2D eigenvalue weighted by atomic mass is 10.2. The maximum atomic E-state index is 12.3. The molecule has 1 rings (SSSR count). The zero-order valence-electron chi connectivity index (χ0n) is 5.99. The summed E-state index contributed by atoms with van der Waals surface area (Å²) in [5, 5.41) is 9.02. The number of phenolic OH excluding ortho intramolecular Hbond substituents is 1. The summed E-state index contributed by atoms with van der Waals surface area (Å²) in [6.07, 6.45) is -4.49. The molecule has 1 aromatic rings. The third kappa shape index (κ3) is 2.17. The first-order valence-electron chi connectivity index (χ1n) is 3.08. The Morgan fingerprint density at radius 2 is 1.69 bits per heavy atom. The Morgan fingerprint density at radius 3 is 2.08 bits per heavy atom. The van der Waals surface area contributed by atoms with Gasteiger partial charge in [-0.25, -0.2) is 0 Å². The molecule has 0 bridgehead atoms. The van der Waals surface area contributed by atoms with Crippen LogP contribution in [-0.2, 0) is 6.18 Å². The van der Waals surface area contributed by atoms with Crippen LogP contribution in [0.25, 0.3) is 0 Å². The molecule has 0 saturated carbocycles. The van der Waals surface area contributed by atoms with E-state index in [1.807, 2.05) is 0 Å². The van der Waals surface area contributed by atoms with E-state index in [2.05, 4.69) is 31.9 Å². The summed E-state index contributed by atoms with van der Waals surface area (Å²) in [5.41, 5.74) is -0.910. The molecule has 1 N–H and O–H groups in total. The summed E-state index contributed by atoms with van der Waals surface area (Å²) in [6, 6.07) is 2.31. The molecule has 0 fully saturated rings. The number of aromatic hydroxyl groups is 1. The normalized spacial score (nSPS) is 11.8. The van der Waals surface area contributed by atoms with Gasteiger partial charge in [0.2, 0.25) is 0 Å². The molecule has 0 heterocycles. The van der Waals surface area contributed by atoms with Crippen molar-refractivity contribution in [2.45, 2.75) is 6.18 Å². The summed E-state index contributed by atoms with van der Waals surface area (Å²) in [4.78, 5) is 0. The van der Waals surface area contributed by atoms with Gasteiger partial charge in [0.1, 0.15) is 5.75 Å². The smallest absolute Gasteiger partial charge is 0.418 e. The van der Waals surface area contributed by atoms with Gasteiger partial charge in [-0.15, -0.1) is 0 Å². The summed E-state index contributed by atoms with van der Waals surface area (Å²) < 4.78 is 36.5. The molecule has 0 unspecified atom stereocenters. The number of hydrogen-bond donors (Lipinski definition) is 1. The fourth-order valence-corrected chi connectivity index (χ4v) is 2.19. The van der Waals surface area contributed by atoms with E-state index >= 15 is 0 Å². The van der Waals surface area contributed by atoms with Gasteiger partial charge in [0.05, 0.1) is 10.0 Å². The maximum Gasteiger partial charge on any atom is 0.418 e. The first kappa shape index (κ1) is 10.8. The van der Waals surface area contributed by atoms with Gasteiger partial charge in [-0.2, -0.15) is 13.2 Å². The molecule has 13 heavy (non-hydrogen) atoms. The van der Waals surface area contributed by atoms with E-state index in [4.69, 9.17) is 5.11 Å². The monoisotopic (exact) mass is 318 g/mol. The standard InChI is InChI=1S/C7H3Br2F3O/c8-3-1-2-4(13)6(9)5(3)7(10,11)12/h1-2,13H. The quantitative estimate of drug-likeness (QED) is 0.768. The zero-order chi connectivity index (χ0) is 10.2. The van der Waals surface area contributed by atoms with Crippen LogP contribution in [0.4, 0.5) is 13.2 Å². The van der Waals surface area contributed by atoms with Crippen molar-refractivity contribution in [3.05, 3.63) is 26.6 Å². The average Bonchev–Trinajstić information content (AvgIpc) is 1.95. The molecule has 0 aliphatic rings. The van der Waals surface area contributed by atoms with Crippen molar-refractivity contribution in [1.82, 2.24) is 0 Å². The molecule has 0 amide bonds. The highest BCUT2D eigenvalue weighted by Gasteiger charge is 2.36. The molecule has 0 saturated heterocycles. The molecule has 6 heteroatoms. The first-order valence-corrected chi connectivity index (χ1v) is 4.67. The fourth-order valence-electron chi connectivity index (χ4n) is 0.801. The minimum absolute atomic E-state index is 0.107. The van der Waals surface area contributed by atoms with Crippen LogP contribution in [0.15, 0.2) is 21.1 Å². The van der Waals surface area contributed by atoms with Crippen LogP contribution >= 0.6 is 31.9 Å². The molecule has 0 aliphatic heterocycles. The van der Waals surface area contributed by atoms with Crippen LogP contribution in [0.3, 0.4) is 0 Å². The van der Waals surface area contributed by atoms with E-state index in [1.54, 1.807) is 0 Å². The lowest BCUT2D eigenvalue weighted by Crippen LogP contribution is -2.07. The molecule has 0 atom stereocenters. The lowest BCUT2D eigenvalue weighted by Gasteiger charge is -2.11. The second-order valence-corrected chi connectivity index (χ2v) is 3.90. The number of rotatable bonds is 0. The van der Waals surface area contributed by atoms with Gasteiger partial charge in [0.15, 0.2) is 0 Å². The molecule has 1 aromatic carbocycles. The average molecular weight is 320 g/mol.